The fourth-order valence-corrected chi connectivity index (χ4v) is 5.25. The summed E-state index contributed by atoms with van der Waals surface area (Å²) >= 11 is 6.61. The molecule has 1 aromatic carbocycles. The Hall–Kier alpha value is 0.0900. The zero-order chi connectivity index (χ0) is 13.2. The number of halogens is 2. The van der Waals surface area contributed by atoms with Gasteiger partial charge in [-0.2, -0.15) is 0 Å². The van der Waals surface area contributed by atoms with Crippen LogP contribution in [0.25, 0.3) is 0 Å². The molecule has 0 spiro atoms. The summed E-state index contributed by atoms with van der Waals surface area (Å²) in [6.45, 7) is 0. The average Bonchev–Trinajstić information content (AvgIpc) is 2.29. The molecule has 100 valence electrons. The third-order valence-electron chi connectivity index (χ3n) is 3.11. The standard InChI is InChI=1S/C12H15Br2NO2S/c13-9-6-7-12(11(14)8-9)18(16,17)15-10-4-2-1-3-5-10/h6-8,10,15H,1-5H2. The third kappa shape index (κ3) is 3.56. The smallest absolute Gasteiger partial charge is 0.208 e. The van der Waals surface area contributed by atoms with E-state index < -0.39 is 10.0 Å². The lowest BCUT2D eigenvalue weighted by molar-refractivity contribution is 0.412. The van der Waals surface area contributed by atoms with Gasteiger partial charge >= 0.3 is 0 Å². The summed E-state index contributed by atoms with van der Waals surface area (Å²) in [5.74, 6) is 0. The van der Waals surface area contributed by atoms with Gasteiger partial charge in [0.15, 0.2) is 0 Å². The molecule has 3 nitrogen and oxygen atoms in total. The lowest BCUT2D eigenvalue weighted by Crippen LogP contribution is -2.36. The Balaban J connectivity index is 2.19. The summed E-state index contributed by atoms with van der Waals surface area (Å²) in [6.07, 6.45) is 5.30. The first-order valence-electron chi connectivity index (χ1n) is 5.96. The van der Waals surface area contributed by atoms with Gasteiger partial charge in [-0.1, -0.05) is 35.2 Å². The Morgan fingerprint density at radius 2 is 1.78 bits per heavy atom. The predicted octanol–water partition coefficient (Wildman–Crippen LogP) is 3.82. The summed E-state index contributed by atoms with van der Waals surface area (Å²) < 4.78 is 28.8. The fraction of sp³-hybridized carbons (Fsp3) is 0.500. The van der Waals surface area contributed by atoms with Crippen molar-refractivity contribution in [2.75, 3.05) is 0 Å². The van der Waals surface area contributed by atoms with Crippen LogP contribution in [-0.4, -0.2) is 14.5 Å². The van der Waals surface area contributed by atoms with Crippen molar-refractivity contribution in [1.82, 2.24) is 4.72 Å². The largest absolute Gasteiger partial charge is 0.241 e. The van der Waals surface area contributed by atoms with Crippen LogP contribution in [0.15, 0.2) is 32.0 Å². The quantitative estimate of drug-likeness (QED) is 0.843. The number of sulfonamides is 1. The SMILES string of the molecule is O=S(=O)(NC1CCCCC1)c1ccc(Br)cc1Br. The minimum absolute atomic E-state index is 0.0827. The van der Waals surface area contributed by atoms with E-state index in [4.69, 9.17) is 0 Å². The molecule has 6 heteroatoms. The lowest BCUT2D eigenvalue weighted by Gasteiger charge is -2.22. The highest BCUT2D eigenvalue weighted by Gasteiger charge is 2.23. The molecule has 0 saturated heterocycles. The Labute approximate surface area is 125 Å². The molecule has 0 atom stereocenters. The zero-order valence-corrected chi connectivity index (χ0v) is 13.8. The van der Waals surface area contributed by atoms with Crippen molar-refractivity contribution in [3.63, 3.8) is 0 Å². The van der Waals surface area contributed by atoms with Gasteiger partial charge in [-0.25, -0.2) is 13.1 Å². The van der Waals surface area contributed by atoms with Crippen molar-refractivity contribution < 1.29 is 8.42 Å². The second-order valence-corrected chi connectivity index (χ2v) is 7.98. The maximum absolute atomic E-state index is 12.3. The van der Waals surface area contributed by atoms with E-state index in [2.05, 4.69) is 36.6 Å². The van der Waals surface area contributed by atoms with E-state index in [1.54, 1.807) is 18.2 Å². The molecule has 0 heterocycles. The van der Waals surface area contributed by atoms with Gasteiger partial charge in [-0.3, -0.25) is 0 Å². The summed E-state index contributed by atoms with van der Waals surface area (Å²) in [5, 5.41) is 0. The monoisotopic (exact) mass is 395 g/mol. The molecule has 0 unspecified atom stereocenters. The zero-order valence-electron chi connectivity index (χ0n) is 9.83. The van der Waals surface area contributed by atoms with Crippen LogP contribution >= 0.6 is 31.9 Å². The molecule has 1 saturated carbocycles. The molecule has 1 aliphatic rings. The van der Waals surface area contributed by atoms with E-state index in [0.717, 1.165) is 30.2 Å². The molecule has 0 aromatic heterocycles. The van der Waals surface area contributed by atoms with Gasteiger partial charge in [-0.15, -0.1) is 0 Å². The van der Waals surface area contributed by atoms with Gasteiger partial charge in [0.25, 0.3) is 0 Å². The second-order valence-electron chi connectivity index (χ2n) is 4.53. The Kier molecular flexibility index (Phi) is 4.86. The van der Waals surface area contributed by atoms with Crippen LogP contribution in [0.5, 0.6) is 0 Å². The molecule has 2 rings (SSSR count). The fourth-order valence-electron chi connectivity index (χ4n) is 2.20. The second kappa shape index (κ2) is 6.03. The van der Waals surface area contributed by atoms with Gasteiger partial charge < -0.3 is 0 Å². The van der Waals surface area contributed by atoms with Crippen LogP contribution in [0.3, 0.4) is 0 Å². The van der Waals surface area contributed by atoms with Gasteiger partial charge in [-0.05, 0) is 47.0 Å². The van der Waals surface area contributed by atoms with Crippen molar-refractivity contribution in [3.05, 3.63) is 27.1 Å². The summed E-state index contributed by atoms with van der Waals surface area (Å²) in [6, 6.07) is 5.17. The summed E-state index contributed by atoms with van der Waals surface area (Å²) in [7, 11) is -3.43. The molecular formula is C12H15Br2NO2S. The molecule has 0 amide bonds. The first kappa shape index (κ1) is 14.5. The Morgan fingerprint density at radius 1 is 1.11 bits per heavy atom. The van der Waals surface area contributed by atoms with E-state index in [1.165, 1.54) is 6.42 Å². The lowest BCUT2D eigenvalue weighted by atomic mass is 9.96. The first-order chi connectivity index (χ1) is 8.49. The number of benzene rings is 1. The van der Waals surface area contributed by atoms with Crippen LogP contribution in [0.4, 0.5) is 0 Å². The van der Waals surface area contributed by atoms with Gasteiger partial charge in [0.2, 0.25) is 10.0 Å². The predicted molar refractivity (Wildman–Crippen MR) is 79.0 cm³/mol. The molecule has 1 fully saturated rings. The highest BCUT2D eigenvalue weighted by atomic mass is 79.9. The molecule has 1 aromatic rings. The maximum atomic E-state index is 12.3. The number of nitrogens with one attached hydrogen (secondary N) is 1. The number of hydrogen-bond donors (Lipinski definition) is 1. The van der Waals surface area contributed by atoms with Crippen molar-refractivity contribution in [3.8, 4) is 0 Å². The van der Waals surface area contributed by atoms with Gasteiger partial charge in [0, 0.05) is 15.0 Å². The molecule has 18 heavy (non-hydrogen) atoms. The minimum Gasteiger partial charge on any atom is -0.208 e. The van der Waals surface area contributed by atoms with Gasteiger partial charge in [0.1, 0.15) is 0 Å². The van der Waals surface area contributed by atoms with E-state index in [-0.39, 0.29) is 6.04 Å². The van der Waals surface area contributed by atoms with Crippen molar-refractivity contribution in [1.29, 1.82) is 0 Å². The molecular weight excluding hydrogens is 382 g/mol. The molecule has 1 N–H and O–H groups in total. The average molecular weight is 397 g/mol. The first-order valence-corrected chi connectivity index (χ1v) is 9.03. The van der Waals surface area contributed by atoms with Crippen LogP contribution in [0.1, 0.15) is 32.1 Å². The van der Waals surface area contributed by atoms with Gasteiger partial charge in [0.05, 0.1) is 4.90 Å². The highest BCUT2D eigenvalue weighted by Crippen LogP contribution is 2.27. The summed E-state index contributed by atoms with van der Waals surface area (Å²) in [4.78, 5) is 0.302. The van der Waals surface area contributed by atoms with Crippen molar-refractivity contribution >= 4 is 41.9 Å². The molecule has 0 aliphatic heterocycles. The van der Waals surface area contributed by atoms with E-state index in [1.807, 2.05) is 0 Å². The topological polar surface area (TPSA) is 46.2 Å². The number of hydrogen-bond acceptors (Lipinski definition) is 2. The minimum atomic E-state index is -3.43. The highest BCUT2D eigenvalue weighted by molar-refractivity contribution is 9.11. The van der Waals surface area contributed by atoms with E-state index >= 15 is 0 Å². The Morgan fingerprint density at radius 3 is 2.39 bits per heavy atom. The molecule has 1 aliphatic carbocycles. The molecule has 0 bridgehead atoms. The molecule has 0 radical (unpaired) electrons. The Bertz CT molecular complexity index is 525. The van der Waals surface area contributed by atoms with Crippen LogP contribution < -0.4 is 4.72 Å². The van der Waals surface area contributed by atoms with Crippen LogP contribution in [0, 0.1) is 0 Å². The van der Waals surface area contributed by atoms with Crippen LogP contribution in [0.2, 0.25) is 0 Å². The summed E-state index contributed by atoms with van der Waals surface area (Å²) in [5.41, 5.74) is 0. The number of rotatable bonds is 3. The van der Waals surface area contributed by atoms with E-state index in [0.29, 0.717) is 9.37 Å². The maximum Gasteiger partial charge on any atom is 0.241 e. The third-order valence-corrected chi connectivity index (χ3v) is 6.10. The van der Waals surface area contributed by atoms with E-state index in [9.17, 15) is 8.42 Å². The van der Waals surface area contributed by atoms with Crippen molar-refractivity contribution in [2.24, 2.45) is 0 Å². The van der Waals surface area contributed by atoms with Crippen molar-refractivity contribution in [2.45, 2.75) is 43.0 Å². The van der Waals surface area contributed by atoms with Crippen LogP contribution in [-0.2, 0) is 10.0 Å². The normalized spacial score (nSPS) is 17.9.